The maximum Gasteiger partial charge on any atom is 0.238 e. The molecule has 0 aliphatic rings. The summed E-state index contributed by atoms with van der Waals surface area (Å²) in [5.41, 5.74) is 4.68. The van der Waals surface area contributed by atoms with Crippen LogP contribution in [-0.4, -0.2) is 34.2 Å². The Labute approximate surface area is 160 Å². The maximum atomic E-state index is 12.6. The average molecular weight is 362 g/mol. The van der Waals surface area contributed by atoms with Crippen molar-refractivity contribution < 1.29 is 4.79 Å². The maximum absolute atomic E-state index is 12.6. The normalized spacial score (nSPS) is 12.2. The number of amides is 1. The molecule has 1 N–H and O–H groups in total. The number of rotatable bonds is 6. The Morgan fingerprint density at radius 3 is 2.30 bits per heavy atom. The van der Waals surface area contributed by atoms with Gasteiger partial charge in [0.05, 0.1) is 29.3 Å². The number of aromatic nitrogens is 2. The molecule has 0 saturated heterocycles. The second kappa shape index (κ2) is 8.18. The summed E-state index contributed by atoms with van der Waals surface area (Å²) in [5, 5.41) is 7.63. The van der Waals surface area contributed by atoms with E-state index in [0.717, 1.165) is 22.8 Å². The van der Waals surface area contributed by atoms with Gasteiger partial charge in [-0.25, -0.2) is 4.68 Å². The van der Waals surface area contributed by atoms with Crippen LogP contribution in [0.1, 0.15) is 29.9 Å². The molecule has 3 rings (SSSR count). The molecule has 5 heteroatoms. The second-order valence-corrected chi connectivity index (χ2v) is 6.84. The van der Waals surface area contributed by atoms with Crippen LogP contribution in [0.5, 0.6) is 0 Å². The summed E-state index contributed by atoms with van der Waals surface area (Å²) in [5.74, 6) is -0.0425. The molecule has 27 heavy (non-hydrogen) atoms. The van der Waals surface area contributed by atoms with E-state index in [1.165, 1.54) is 5.56 Å². The number of para-hydroxylation sites is 1. The van der Waals surface area contributed by atoms with E-state index >= 15 is 0 Å². The lowest BCUT2D eigenvalue weighted by Crippen LogP contribution is -2.32. The van der Waals surface area contributed by atoms with Crippen LogP contribution in [0.2, 0.25) is 0 Å². The molecule has 0 radical (unpaired) electrons. The molecule has 0 saturated carbocycles. The van der Waals surface area contributed by atoms with Gasteiger partial charge in [-0.2, -0.15) is 5.10 Å². The number of likely N-dealkylation sites (N-methyl/N-ethyl adjacent to an activating group) is 1. The van der Waals surface area contributed by atoms with Gasteiger partial charge in [-0.15, -0.1) is 0 Å². The minimum absolute atomic E-state index is 0.0425. The number of aryl methyl sites for hydroxylation is 1. The van der Waals surface area contributed by atoms with Gasteiger partial charge >= 0.3 is 0 Å². The summed E-state index contributed by atoms with van der Waals surface area (Å²) in [6.07, 6.45) is 0. The summed E-state index contributed by atoms with van der Waals surface area (Å²) in [7, 11) is 1.96. The molecule has 0 bridgehead atoms. The zero-order valence-electron chi connectivity index (χ0n) is 16.3. The zero-order chi connectivity index (χ0) is 19.4. The average Bonchev–Trinajstić information content (AvgIpc) is 2.97. The van der Waals surface area contributed by atoms with E-state index in [1.54, 1.807) is 0 Å². The highest BCUT2D eigenvalue weighted by Crippen LogP contribution is 2.23. The van der Waals surface area contributed by atoms with Crippen molar-refractivity contribution in [2.45, 2.75) is 26.8 Å². The molecule has 1 atom stereocenters. The molecule has 0 fully saturated rings. The molecular formula is C22H26N4O. The third-order valence-electron chi connectivity index (χ3n) is 4.89. The van der Waals surface area contributed by atoms with E-state index in [2.05, 4.69) is 29.5 Å². The van der Waals surface area contributed by atoms with Gasteiger partial charge in [0.25, 0.3) is 0 Å². The number of nitrogens with zero attached hydrogens (tertiary/aromatic N) is 3. The van der Waals surface area contributed by atoms with Crippen molar-refractivity contribution in [2.75, 3.05) is 18.9 Å². The highest BCUT2D eigenvalue weighted by molar-refractivity contribution is 5.93. The molecule has 1 heterocycles. The van der Waals surface area contributed by atoms with Crippen LogP contribution in [0.15, 0.2) is 60.7 Å². The number of hydrogen-bond donors (Lipinski definition) is 1. The van der Waals surface area contributed by atoms with Crippen LogP contribution in [0, 0.1) is 13.8 Å². The Hall–Kier alpha value is -2.92. The standard InChI is InChI=1S/C22H26N4O/c1-16-22(18(3)26(24-16)20-13-9-6-10-14-20)23-21(27)15-25(4)17(2)19-11-7-5-8-12-19/h5-14,17H,15H2,1-4H3,(H,23,27). The van der Waals surface area contributed by atoms with E-state index < -0.39 is 0 Å². The first-order valence-corrected chi connectivity index (χ1v) is 9.14. The van der Waals surface area contributed by atoms with Gasteiger partial charge in [0, 0.05) is 6.04 Å². The lowest BCUT2D eigenvalue weighted by molar-refractivity contribution is -0.117. The fourth-order valence-electron chi connectivity index (χ4n) is 3.17. The van der Waals surface area contributed by atoms with Crippen molar-refractivity contribution in [3.05, 3.63) is 77.6 Å². The number of hydrogen-bond acceptors (Lipinski definition) is 3. The van der Waals surface area contributed by atoms with Crippen LogP contribution in [-0.2, 0) is 4.79 Å². The minimum Gasteiger partial charge on any atom is -0.322 e. The highest BCUT2D eigenvalue weighted by atomic mass is 16.2. The van der Waals surface area contributed by atoms with Crippen LogP contribution < -0.4 is 5.32 Å². The SMILES string of the molecule is Cc1nn(-c2ccccc2)c(C)c1NC(=O)CN(C)C(C)c1ccccc1. The molecule has 3 aromatic rings. The zero-order valence-corrected chi connectivity index (χ0v) is 16.3. The third kappa shape index (κ3) is 4.26. The van der Waals surface area contributed by atoms with Crippen molar-refractivity contribution in [3.63, 3.8) is 0 Å². The molecule has 0 aliphatic heterocycles. The van der Waals surface area contributed by atoms with Crippen molar-refractivity contribution in [3.8, 4) is 5.69 Å². The van der Waals surface area contributed by atoms with Gasteiger partial charge < -0.3 is 5.32 Å². The van der Waals surface area contributed by atoms with Crippen LogP contribution in [0.4, 0.5) is 5.69 Å². The van der Waals surface area contributed by atoms with Crippen molar-refractivity contribution in [1.82, 2.24) is 14.7 Å². The van der Waals surface area contributed by atoms with Crippen molar-refractivity contribution >= 4 is 11.6 Å². The summed E-state index contributed by atoms with van der Waals surface area (Å²) in [4.78, 5) is 14.7. The van der Waals surface area contributed by atoms with Gasteiger partial charge in [-0.05, 0) is 45.5 Å². The predicted octanol–water partition coefficient (Wildman–Crippen LogP) is 4.12. The first kappa shape index (κ1) is 18.9. The lowest BCUT2D eigenvalue weighted by atomic mass is 10.1. The van der Waals surface area contributed by atoms with Crippen LogP contribution in [0.25, 0.3) is 5.69 Å². The van der Waals surface area contributed by atoms with E-state index in [0.29, 0.717) is 6.54 Å². The molecule has 5 nitrogen and oxygen atoms in total. The molecule has 1 aromatic heterocycles. The molecule has 0 spiro atoms. The number of carbonyl (C=O) groups excluding carboxylic acids is 1. The number of benzene rings is 2. The number of nitrogens with one attached hydrogen (secondary N) is 1. The van der Waals surface area contributed by atoms with Gasteiger partial charge in [-0.1, -0.05) is 48.5 Å². The molecule has 0 aliphatic carbocycles. The Bertz CT molecular complexity index is 903. The number of carbonyl (C=O) groups is 1. The first-order valence-electron chi connectivity index (χ1n) is 9.14. The van der Waals surface area contributed by atoms with Crippen molar-refractivity contribution in [1.29, 1.82) is 0 Å². The Morgan fingerprint density at radius 1 is 1.07 bits per heavy atom. The fraction of sp³-hybridized carbons (Fsp3) is 0.273. The Morgan fingerprint density at radius 2 is 1.67 bits per heavy atom. The lowest BCUT2D eigenvalue weighted by Gasteiger charge is -2.24. The highest BCUT2D eigenvalue weighted by Gasteiger charge is 2.18. The monoisotopic (exact) mass is 362 g/mol. The smallest absolute Gasteiger partial charge is 0.238 e. The second-order valence-electron chi connectivity index (χ2n) is 6.84. The first-order chi connectivity index (χ1) is 13.0. The molecule has 140 valence electrons. The van der Waals surface area contributed by atoms with E-state index in [9.17, 15) is 4.79 Å². The van der Waals surface area contributed by atoms with E-state index in [-0.39, 0.29) is 11.9 Å². The van der Waals surface area contributed by atoms with E-state index in [1.807, 2.05) is 79.0 Å². The summed E-state index contributed by atoms with van der Waals surface area (Å²) >= 11 is 0. The topological polar surface area (TPSA) is 50.2 Å². The Balaban J connectivity index is 1.70. The molecular weight excluding hydrogens is 336 g/mol. The largest absolute Gasteiger partial charge is 0.322 e. The van der Waals surface area contributed by atoms with E-state index in [4.69, 9.17) is 0 Å². The summed E-state index contributed by atoms with van der Waals surface area (Å²) < 4.78 is 1.86. The summed E-state index contributed by atoms with van der Waals surface area (Å²) in [6, 6.07) is 20.3. The molecule has 1 unspecified atom stereocenters. The van der Waals surface area contributed by atoms with Crippen LogP contribution >= 0.6 is 0 Å². The molecule has 1 amide bonds. The minimum atomic E-state index is -0.0425. The van der Waals surface area contributed by atoms with Gasteiger partial charge in [-0.3, -0.25) is 9.69 Å². The quantitative estimate of drug-likeness (QED) is 0.718. The number of anilines is 1. The Kier molecular flexibility index (Phi) is 5.72. The van der Waals surface area contributed by atoms with Gasteiger partial charge in [0.15, 0.2) is 0 Å². The fourth-order valence-corrected chi connectivity index (χ4v) is 3.17. The summed E-state index contributed by atoms with van der Waals surface area (Å²) in [6.45, 7) is 6.30. The third-order valence-corrected chi connectivity index (χ3v) is 4.89. The predicted molar refractivity (Wildman–Crippen MR) is 109 cm³/mol. The molecule has 2 aromatic carbocycles. The van der Waals surface area contributed by atoms with Gasteiger partial charge in [0.2, 0.25) is 5.91 Å². The van der Waals surface area contributed by atoms with Crippen LogP contribution in [0.3, 0.4) is 0 Å². The van der Waals surface area contributed by atoms with Gasteiger partial charge in [0.1, 0.15) is 0 Å². The van der Waals surface area contributed by atoms with Crippen molar-refractivity contribution in [2.24, 2.45) is 0 Å².